The summed E-state index contributed by atoms with van der Waals surface area (Å²) in [5.74, 6) is 0.440. The van der Waals surface area contributed by atoms with E-state index in [1.54, 1.807) is 13.8 Å². The fourth-order valence-electron chi connectivity index (χ4n) is 3.96. The van der Waals surface area contributed by atoms with Crippen LogP contribution >= 0.6 is 0 Å². The number of benzene rings is 1. The van der Waals surface area contributed by atoms with Gasteiger partial charge in [0.05, 0.1) is 11.3 Å². The Morgan fingerprint density at radius 2 is 1.82 bits per heavy atom. The normalized spacial score (nSPS) is 20.5. The summed E-state index contributed by atoms with van der Waals surface area (Å²) in [4.78, 5) is 2.47. The summed E-state index contributed by atoms with van der Waals surface area (Å²) in [6, 6.07) is 7.14. The second kappa shape index (κ2) is 9.14. The zero-order valence-corrected chi connectivity index (χ0v) is 18.0. The van der Waals surface area contributed by atoms with E-state index >= 15 is 0 Å². The van der Waals surface area contributed by atoms with Gasteiger partial charge < -0.3 is 10.2 Å². The van der Waals surface area contributed by atoms with Crippen LogP contribution in [0.5, 0.6) is 0 Å². The molecule has 154 valence electrons. The molecule has 0 radical (unpaired) electrons. The molecule has 0 amide bonds. The molecular weight excluding hydrogens is 370 g/mol. The van der Waals surface area contributed by atoms with Crippen molar-refractivity contribution in [2.45, 2.75) is 57.2 Å². The lowest BCUT2D eigenvalue weighted by Gasteiger charge is -2.27. The Hall–Kier alpha value is -1.79. The fraction of sp³-hybridized carbons (Fsp3) is 0.545. The molecule has 2 N–H and O–H groups in total. The van der Waals surface area contributed by atoms with Crippen molar-refractivity contribution in [1.29, 1.82) is 0 Å². The number of likely N-dealkylation sites (N-methyl/N-ethyl adjacent to an activating group) is 1. The summed E-state index contributed by atoms with van der Waals surface area (Å²) in [6.45, 7) is 8.05. The van der Waals surface area contributed by atoms with E-state index in [0.717, 1.165) is 32.4 Å². The maximum atomic E-state index is 11.7. The summed E-state index contributed by atoms with van der Waals surface area (Å²) < 4.78 is 26.1. The minimum Gasteiger partial charge on any atom is -0.385 e. The van der Waals surface area contributed by atoms with Crippen molar-refractivity contribution in [1.82, 2.24) is 4.72 Å². The Balaban J connectivity index is 1.46. The van der Waals surface area contributed by atoms with Crippen LogP contribution in [-0.2, 0) is 10.0 Å². The molecule has 1 aliphatic heterocycles. The third-order valence-electron chi connectivity index (χ3n) is 5.61. The van der Waals surface area contributed by atoms with E-state index in [9.17, 15) is 8.42 Å². The summed E-state index contributed by atoms with van der Waals surface area (Å²) in [5, 5.41) is 3.16. The first kappa shape index (κ1) is 20.9. The fourth-order valence-corrected chi connectivity index (χ4v) is 4.72. The van der Waals surface area contributed by atoms with Gasteiger partial charge in [0.25, 0.3) is 0 Å². The Morgan fingerprint density at radius 3 is 2.57 bits per heavy atom. The molecular formula is C22H33N3O2S. The second-order valence-electron chi connectivity index (χ2n) is 7.82. The number of unbranched alkanes of at least 4 members (excludes halogenated alkanes) is 2. The first-order chi connectivity index (χ1) is 13.4. The van der Waals surface area contributed by atoms with Gasteiger partial charge >= 0.3 is 0 Å². The molecule has 1 aliphatic carbocycles. The molecule has 1 heterocycles. The highest BCUT2D eigenvalue weighted by Crippen LogP contribution is 2.44. The zero-order valence-electron chi connectivity index (χ0n) is 17.2. The molecule has 0 saturated heterocycles. The predicted octanol–water partition coefficient (Wildman–Crippen LogP) is 4.01. The summed E-state index contributed by atoms with van der Waals surface area (Å²) in [7, 11) is -3.14. The lowest BCUT2D eigenvalue weighted by Crippen LogP contribution is -2.32. The van der Waals surface area contributed by atoms with E-state index < -0.39 is 10.0 Å². The number of rotatable bonds is 10. The van der Waals surface area contributed by atoms with Gasteiger partial charge in [-0.05, 0) is 57.4 Å². The molecule has 2 unspecified atom stereocenters. The van der Waals surface area contributed by atoms with E-state index in [1.807, 2.05) is 0 Å². The van der Waals surface area contributed by atoms with E-state index in [1.165, 1.54) is 16.9 Å². The smallest absolute Gasteiger partial charge is 0.213 e. The van der Waals surface area contributed by atoms with Crippen molar-refractivity contribution < 1.29 is 8.42 Å². The van der Waals surface area contributed by atoms with Crippen molar-refractivity contribution in [2.75, 3.05) is 29.9 Å². The third kappa shape index (κ3) is 4.61. The van der Waals surface area contributed by atoms with Crippen molar-refractivity contribution >= 4 is 21.4 Å². The Bertz CT molecular complexity index is 830. The average Bonchev–Trinajstić information content (AvgIpc) is 3.00. The molecule has 0 saturated carbocycles. The number of nitrogens with zero attached hydrogens (tertiary/aromatic N) is 1. The van der Waals surface area contributed by atoms with Gasteiger partial charge in [0.1, 0.15) is 0 Å². The average molecular weight is 404 g/mol. The molecule has 1 aromatic rings. The van der Waals surface area contributed by atoms with Crippen molar-refractivity contribution in [3.63, 3.8) is 0 Å². The monoisotopic (exact) mass is 403 g/mol. The van der Waals surface area contributed by atoms with Crippen LogP contribution in [0.25, 0.3) is 0 Å². The quantitative estimate of drug-likeness (QED) is 0.580. The second-order valence-corrected chi connectivity index (χ2v) is 10.1. The van der Waals surface area contributed by atoms with Crippen molar-refractivity contribution in [3.8, 4) is 0 Å². The van der Waals surface area contributed by atoms with Crippen LogP contribution < -0.4 is 14.9 Å². The van der Waals surface area contributed by atoms with Crippen LogP contribution in [0.2, 0.25) is 0 Å². The molecule has 0 fully saturated rings. The largest absolute Gasteiger partial charge is 0.385 e. The first-order valence-corrected chi connectivity index (χ1v) is 12.0. The number of fused-ring (bicyclic) bond motifs is 3. The van der Waals surface area contributed by atoms with E-state index in [0.29, 0.717) is 18.5 Å². The molecule has 5 nitrogen and oxygen atoms in total. The van der Waals surface area contributed by atoms with Gasteiger partial charge in [-0.1, -0.05) is 30.7 Å². The maximum Gasteiger partial charge on any atom is 0.213 e. The van der Waals surface area contributed by atoms with E-state index in [2.05, 4.69) is 64.4 Å². The van der Waals surface area contributed by atoms with Crippen LogP contribution in [0.4, 0.5) is 11.4 Å². The van der Waals surface area contributed by atoms with Crippen LogP contribution in [0.3, 0.4) is 0 Å². The molecule has 3 rings (SSSR count). The minimum atomic E-state index is -3.14. The number of nitrogens with one attached hydrogen (secondary N) is 2. The van der Waals surface area contributed by atoms with Crippen molar-refractivity contribution in [2.24, 2.45) is 0 Å². The molecule has 0 spiro atoms. The van der Waals surface area contributed by atoms with Gasteiger partial charge in [0.15, 0.2) is 0 Å². The zero-order chi connectivity index (χ0) is 20.1. The Morgan fingerprint density at radius 1 is 1.07 bits per heavy atom. The number of anilines is 2. The van der Waals surface area contributed by atoms with Gasteiger partial charge in [-0.3, -0.25) is 0 Å². The minimum absolute atomic E-state index is 0.369. The molecule has 28 heavy (non-hydrogen) atoms. The van der Waals surface area contributed by atoms with Gasteiger partial charge in [-0.2, -0.15) is 0 Å². The van der Waals surface area contributed by atoms with Gasteiger partial charge in [0, 0.05) is 36.9 Å². The molecule has 0 bridgehead atoms. The number of allylic oxidation sites excluding steroid dienone is 2. The molecule has 1 aromatic carbocycles. The highest BCUT2D eigenvalue weighted by atomic mass is 32.2. The standard InChI is InChI=1S/C22H33N3O2S/c1-4-25-21-11-7-6-10-19(21)20-16-18(12-13-22(20)25)23-14-8-5-9-15-24-28(26,27)17(2)3/h6-7,10-13,16-17,19,21,23-24H,4-5,8-9,14-15H2,1-3H3. The summed E-state index contributed by atoms with van der Waals surface area (Å²) >= 11 is 0. The SMILES string of the molecule is CCN1c2ccc(NCCCCCNS(=O)(=O)C(C)C)cc2C2C=CC=CC21. The van der Waals surface area contributed by atoms with Gasteiger partial charge in [0.2, 0.25) is 10.0 Å². The lowest BCUT2D eigenvalue weighted by atomic mass is 9.91. The van der Waals surface area contributed by atoms with Gasteiger partial charge in [-0.15, -0.1) is 0 Å². The molecule has 0 aromatic heterocycles. The van der Waals surface area contributed by atoms with Crippen LogP contribution in [0.1, 0.15) is 51.5 Å². The first-order valence-electron chi connectivity index (χ1n) is 10.4. The Kier molecular flexibility index (Phi) is 6.83. The number of hydrogen-bond acceptors (Lipinski definition) is 4. The summed E-state index contributed by atoms with van der Waals surface area (Å²) in [6.07, 6.45) is 11.8. The van der Waals surface area contributed by atoms with Crippen LogP contribution in [0, 0.1) is 0 Å². The highest BCUT2D eigenvalue weighted by Gasteiger charge is 2.35. The maximum absolute atomic E-state index is 11.7. The highest BCUT2D eigenvalue weighted by molar-refractivity contribution is 7.90. The molecule has 2 aliphatic rings. The van der Waals surface area contributed by atoms with E-state index in [4.69, 9.17) is 0 Å². The van der Waals surface area contributed by atoms with E-state index in [-0.39, 0.29) is 5.25 Å². The lowest BCUT2D eigenvalue weighted by molar-refractivity contribution is 0.566. The van der Waals surface area contributed by atoms with Crippen molar-refractivity contribution in [3.05, 3.63) is 48.1 Å². The summed E-state index contributed by atoms with van der Waals surface area (Å²) in [5.41, 5.74) is 3.91. The molecule has 2 atom stereocenters. The molecule has 6 heteroatoms. The Labute approximate surface area is 169 Å². The number of hydrogen-bond donors (Lipinski definition) is 2. The van der Waals surface area contributed by atoms with Crippen LogP contribution in [0.15, 0.2) is 42.5 Å². The van der Waals surface area contributed by atoms with Gasteiger partial charge in [-0.25, -0.2) is 13.1 Å². The third-order valence-corrected chi connectivity index (χ3v) is 7.46. The topological polar surface area (TPSA) is 61.4 Å². The van der Waals surface area contributed by atoms with Crippen LogP contribution in [-0.4, -0.2) is 39.3 Å². The predicted molar refractivity (Wildman–Crippen MR) is 119 cm³/mol. The number of sulfonamides is 1.